The summed E-state index contributed by atoms with van der Waals surface area (Å²) in [5.74, 6) is -1.16. The van der Waals surface area contributed by atoms with Crippen LogP contribution in [0.3, 0.4) is 0 Å². The second-order valence-corrected chi connectivity index (χ2v) is 7.00. The number of benzene rings is 1. The number of carbonyl (C=O) groups is 1. The zero-order chi connectivity index (χ0) is 16.7. The lowest BCUT2D eigenvalue weighted by molar-refractivity contribution is 0.0696. The molecule has 0 amide bonds. The Morgan fingerprint density at radius 1 is 1.32 bits per heavy atom. The third kappa shape index (κ3) is 2.69. The van der Waals surface area contributed by atoms with Gasteiger partial charge in [-0.1, -0.05) is 0 Å². The van der Waals surface area contributed by atoms with Crippen LogP contribution in [0.25, 0.3) is 0 Å². The number of aromatic carboxylic acids is 1. The van der Waals surface area contributed by atoms with E-state index in [9.17, 15) is 13.2 Å². The molecule has 0 saturated carbocycles. The topological polar surface area (TPSA) is 92.5 Å². The zero-order valence-corrected chi connectivity index (χ0v) is 13.5. The van der Waals surface area contributed by atoms with Gasteiger partial charge in [-0.2, -0.15) is 5.10 Å². The molecule has 0 saturated heterocycles. The predicted molar refractivity (Wildman–Crippen MR) is 81.7 cm³/mol. The molecule has 2 rings (SSSR count). The van der Waals surface area contributed by atoms with Crippen LogP contribution in [-0.4, -0.2) is 36.3 Å². The standard InChI is InChI=1S/C14H17N3O4S/c1-9-5-11(14(18)19)6-13(10(9)2)22(20,21)17(4)12-7-15-16(3)8-12/h5-8H,1-4H3,(H,18,19). The third-order valence-corrected chi connectivity index (χ3v) is 5.47. The number of aryl methyl sites for hydroxylation is 2. The molecule has 1 aromatic heterocycles. The molecule has 2 aromatic rings. The lowest BCUT2D eigenvalue weighted by Crippen LogP contribution is -2.27. The Morgan fingerprint density at radius 3 is 2.45 bits per heavy atom. The quantitative estimate of drug-likeness (QED) is 0.922. The Bertz CT molecular complexity index is 840. The fourth-order valence-corrected chi connectivity index (χ4v) is 3.57. The van der Waals surface area contributed by atoms with Crippen LogP contribution >= 0.6 is 0 Å². The van der Waals surface area contributed by atoms with E-state index < -0.39 is 16.0 Å². The van der Waals surface area contributed by atoms with Gasteiger partial charge in [-0.3, -0.25) is 8.99 Å². The summed E-state index contributed by atoms with van der Waals surface area (Å²) in [6, 6.07) is 2.65. The maximum atomic E-state index is 12.8. The first-order valence-electron chi connectivity index (χ1n) is 6.46. The fraction of sp³-hybridized carbons (Fsp3) is 0.286. The number of carboxylic acid groups (broad SMARTS) is 1. The number of carboxylic acids is 1. The number of sulfonamides is 1. The van der Waals surface area contributed by atoms with E-state index in [0.717, 1.165) is 4.31 Å². The maximum absolute atomic E-state index is 12.8. The van der Waals surface area contributed by atoms with Crippen LogP contribution in [0.1, 0.15) is 21.5 Å². The van der Waals surface area contributed by atoms with E-state index in [1.165, 1.54) is 30.1 Å². The summed E-state index contributed by atoms with van der Waals surface area (Å²) in [5, 5.41) is 13.1. The minimum Gasteiger partial charge on any atom is -0.478 e. The van der Waals surface area contributed by atoms with Crippen molar-refractivity contribution in [3.63, 3.8) is 0 Å². The third-order valence-electron chi connectivity index (χ3n) is 3.56. The van der Waals surface area contributed by atoms with Crippen molar-refractivity contribution in [3.8, 4) is 0 Å². The second-order valence-electron chi connectivity index (χ2n) is 5.07. The molecular weight excluding hydrogens is 306 g/mol. The molecule has 0 radical (unpaired) electrons. The molecule has 0 bridgehead atoms. The van der Waals surface area contributed by atoms with Crippen molar-refractivity contribution in [2.24, 2.45) is 7.05 Å². The number of hydrogen-bond acceptors (Lipinski definition) is 4. The molecule has 1 aromatic carbocycles. The maximum Gasteiger partial charge on any atom is 0.335 e. The van der Waals surface area contributed by atoms with E-state index in [1.807, 2.05) is 0 Å². The Morgan fingerprint density at radius 2 is 1.95 bits per heavy atom. The molecule has 118 valence electrons. The lowest BCUT2D eigenvalue weighted by Gasteiger charge is -2.20. The van der Waals surface area contributed by atoms with Crippen LogP contribution in [-0.2, 0) is 17.1 Å². The lowest BCUT2D eigenvalue weighted by atomic mass is 10.1. The molecular formula is C14H17N3O4S. The number of nitrogens with zero attached hydrogens (tertiary/aromatic N) is 3. The van der Waals surface area contributed by atoms with E-state index in [4.69, 9.17) is 5.11 Å². The van der Waals surface area contributed by atoms with Crippen molar-refractivity contribution in [1.82, 2.24) is 9.78 Å². The number of aromatic nitrogens is 2. The van der Waals surface area contributed by atoms with Crippen LogP contribution in [0.2, 0.25) is 0 Å². The van der Waals surface area contributed by atoms with Gasteiger partial charge >= 0.3 is 5.97 Å². The van der Waals surface area contributed by atoms with E-state index in [1.54, 1.807) is 27.1 Å². The van der Waals surface area contributed by atoms with E-state index in [-0.39, 0.29) is 10.5 Å². The molecule has 7 nitrogen and oxygen atoms in total. The largest absolute Gasteiger partial charge is 0.478 e. The van der Waals surface area contributed by atoms with Crippen molar-refractivity contribution in [3.05, 3.63) is 41.2 Å². The predicted octanol–water partition coefficient (Wildman–Crippen LogP) is 1.56. The van der Waals surface area contributed by atoms with Crippen LogP contribution in [0, 0.1) is 13.8 Å². The zero-order valence-electron chi connectivity index (χ0n) is 12.7. The molecule has 0 atom stereocenters. The highest BCUT2D eigenvalue weighted by molar-refractivity contribution is 7.92. The van der Waals surface area contributed by atoms with Crippen LogP contribution in [0.5, 0.6) is 0 Å². The monoisotopic (exact) mass is 323 g/mol. The van der Waals surface area contributed by atoms with Crippen molar-refractivity contribution >= 4 is 21.7 Å². The second kappa shape index (κ2) is 5.45. The first-order valence-corrected chi connectivity index (χ1v) is 7.90. The highest BCUT2D eigenvalue weighted by Gasteiger charge is 2.26. The van der Waals surface area contributed by atoms with Crippen molar-refractivity contribution < 1.29 is 18.3 Å². The van der Waals surface area contributed by atoms with Gasteiger partial charge in [-0.25, -0.2) is 13.2 Å². The Balaban J connectivity index is 2.60. The van der Waals surface area contributed by atoms with Crippen LogP contribution in [0.15, 0.2) is 29.4 Å². The highest BCUT2D eigenvalue weighted by atomic mass is 32.2. The van der Waals surface area contributed by atoms with Gasteiger partial charge in [-0.05, 0) is 37.1 Å². The van der Waals surface area contributed by atoms with Crippen molar-refractivity contribution in [1.29, 1.82) is 0 Å². The number of anilines is 1. The van der Waals surface area contributed by atoms with Gasteiger partial charge in [-0.15, -0.1) is 0 Å². The summed E-state index contributed by atoms with van der Waals surface area (Å²) >= 11 is 0. The summed E-state index contributed by atoms with van der Waals surface area (Å²) in [5.41, 5.74) is 1.49. The fourth-order valence-electron chi connectivity index (χ4n) is 2.08. The van der Waals surface area contributed by atoms with E-state index in [2.05, 4.69) is 5.10 Å². The van der Waals surface area contributed by atoms with E-state index in [0.29, 0.717) is 16.8 Å². The Labute approximate surface area is 128 Å². The van der Waals surface area contributed by atoms with E-state index >= 15 is 0 Å². The molecule has 0 aliphatic carbocycles. The van der Waals surface area contributed by atoms with Gasteiger partial charge in [0.25, 0.3) is 10.0 Å². The number of hydrogen-bond donors (Lipinski definition) is 1. The minimum absolute atomic E-state index is 0.0174. The smallest absolute Gasteiger partial charge is 0.335 e. The molecule has 0 aliphatic heterocycles. The first-order chi connectivity index (χ1) is 10.1. The molecule has 22 heavy (non-hydrogen) atoms. The molecule has 1 heterocycles. The van der Waals surface area contributed by atoms with Gasteiger partial charge in [0.15, 0.2) is 0 Å². The Kier molecular flexibility index (Phi) is 3.97. The van der Waals surface area contributed by atoms with Gasteiger partial charge in [0.1, 0.15) is 0 Å². The highest BCUT2D eigenvalue weighted by Crippen LogP contribution is 2.26. The van der Waals surface area contributed by atoms with Crippen LogP contribution in [0.4, 0.5) is 5.69 Å². The van der Waals surface area contributed by atoms with Crippen molar-refractivity contribution in [2.75, 3.05) is 11.4 Å². The van der Waals surface area contributed by atoms with Crippen molar-refractivity contribution in [2.45, 2.75) is 18.7 Å². The number of rotatable bonds is 4. The van der Waals surface area contributed by atoms with Gasteiger partial charge in [0.2, 0.25) is 0 Å². The minimum atomic E-state index is -3.87. The molecule has 8 heteroatoms. The molecule has 1 N–H and O–H groups in total. The summed E-state index contributed by atoms with van der Waals surface area (Å²) in [6.07, 6.45) is 3.00. The average Bonchev–Trinajstić information content (AvgIpc) is 2.86. The first kappa shape index (κ1) is 16.0. The van der Waals surface area contributed by atoms with Gasteiger partial charge in [0, 0.05) is 20.3 Å². The molecule has 0 spiro atoms. The molecule has 0 aliphatic rings. The van der Waals surface area contributed by atoms with Crippen LogP contribution < -0.4 is 4.31 Å². The summed E-state index contributed by atoms with van der Waals surface area (Å²) in [7, 11) is -0.775. The summed E-state index contributed by atoms with van der Waals surface area (Å²) in [6.45, 7) is 3.34. The molecule has 0 unspecified atom stereocenters. The normalized spacial score (nSPS) is 11.5. The van der Waals surface area contributed by atoms with Gasteiger partial charge < -0.3 is 5.11 Å². The average molecular weight is 323 g/mol. The molecule has 0 fully saturated rings. The summed E-state index contributed by atoms with van der Waals surface area (Å²) in [4.78, 5) is 11.1. The Hall–Kier alpha value is -2.35. The van der Waals surface area contributed by atoms with Gasteiger partial charge in [0.05, 0.1) is 22.3 Å². The summed E-state index contributed by atoms with van der Waals surface area (Å²) < 4.78 is 28.2. The SMILES string of the molecule is Cc1cc(C(=O)O)cc(S(=O)(=O)N(C)c2cnn(C)c2)c1C.